The van der Waals surface area contributed by atoms with E-state index in [-0.39, 0.29) is 23.6 Å². The van der Waals surface area contributed by atoms with Gasteiger partial charge >= 0.3 is 0 Å². The first-order valence-corrected chi connectivity index (χ1v) is 11.7. The van der Waals surface area contributed by atoms with Crippen LogP contribution in [0.1, 0.15) is 51.2 Å². The molecule has 9 heteroatoms. The predicted molar refractivity (Wildman–Crippen MR) is 113 cm³/mol. The topological polar surface area (TPSA) is 79.5 Å². The molecule has 0 spiro atoms. The Morgan fingerprint density at radius 1 is 1.31 bits per heavy atom. The number of anilines is 1. The van der Waals surface area contributed by atoms with Crippen molar-refractivity contribution in [1.29, 1.82) is 0 Å². The van der Waals surface area contributed by atoms with Crippen LogP contribution in [-0.2, 0) is 16.1 Å². The Hall–Kier alpha value is -2.13. The fraction of sp³-hybridized carbons (Fsp3) is 0.500. The lowest BCUT2D eigenvalue weighted by Crippen LogP contribution is -2.32. The molecule has 2 aliphatic carbocycles. The van der Waals surface area contributed by atoms with Gasteiger partial charge in [-0.15, -0.1) is 10.2 Å². The molecule has 2 aliphatic rings. The second kappa shape index (κ2) is 9.13. The molecule has 0 aromatic carbocycles. The van der Waals surface area contributed by atoms with Crippen LogP contribution in [-0.4, -0.2) is 38.7 Å². The fourth-order valence-corrected chi connectivity index (χ4v) is 5.25. The summed E-state index contributed by atoms with van der Waals surface area (Å²) in [5, 5.41) is 8.98. The Bertz CT molecular complexity index is 889. The van der Waals surface area contributed by atoms with Crippen LogP contribution in [0.15, 0.2) is 38.9 Å². The van der Waals surface area contributed by atoms with Gasteiger partial charge in [-0.05, 0) is 50.7 Å². The smallest absolute Gasteiger partial charge is 0.237 e. The first kappa shape index (κ1) is 20.2. The number of allylic oxidation sites excluding steroid dienone is 2. The lowest BCUT2D eigenvalue weighted by atomic mass is 10.0. The van der Waals surface area contributed by atoms with Crippen molar-refractivity contribution in [2.45, 2.75) is 62.4 Å². The average molecular weight is 433 g/mol. The lowest BCUT2D eigenvalue weighted by molar-refractivity contribution is -0.127. The standard InChI is InChI=1S/C20H24N4O3S2/c1-14(25)24(16-9-10-16)19-21-22-20(29-19)28-13-18(26)23(12-17-8-5-11-27-17)15-6-3-2-4-7-15/h5-6,8,11,16H,2-4,7,9-10,12-13H2,1H3. The number of thioether (sulfide) groups is 1. The number of furan rings is 1. The maximum Gasteiger partial charge on any atom is 0.237 e. The van der Waals surface area contributed by atoms with Gasteiger partial charge in [-0.1, -0.05) is 29.2 Å². The summed E-state index contributed by atoms with van der Waals surface area (Å²) >= 11 is 2.75. The highest BCUT2D eigenvalue weighted by atomic mass is 32.2. The Morgan fingerprint density at radius 3 is 2.83 bits per heavy atom. The third-order valence-corrected chi connectivity index (χ3v) is 7.02. The van der Waals surface area contributed by atoms with E-state index in [1.807, 2.05) is 17.0 Å². The zero-order valence-electron chi connectivity index (χ0n) is 16.4. The van der Waals surface area contributed by atoms with Crippen molar-refractivity contribution in [3.05, 3.63) is 35.9 Å². The van der Waals surface area contributed by atoms with E-state index in [9.17, 15) is 9.59 Å². The predicted octanol–water partition coefficient (Wildman–Crippen LogP) is 4.23. The largest absolute Gasteiger partial charge is 0.467 e. The molecule has 2 heterocycles. The number of rotatable bonds is 8. The van der Waals surface area contributed by atoms with Gasteiger partial charge in [-0.3, -0.25) is 14.5 Å². The minimum Gasteiger partial charge on any atom is -0.467 e. The molecular weight excluding hydrogens is 408 g/mol. The normalized spacial score (nSPS) is 16.4. The Kier molecular flexibility index (Phi) is 6.34. The van der Waals surface area contributed by atoms with Crippen molar-refractivity contribution >= 4 is 40.0 Å². The van der Waals surface area contributed by atoms with Gasteiger partial charge in [0.2, 0.25) is 16.9 Å². The maximum absolute atomic E-state index is 13.0. The van der Waals surface area contributed by atoms with E-state index in [2.05, 4.69) is 16.3 Å². The van der Waals surface area contributed by atoms with Gasteiger partial charge in [-0.25, -0.2) is 0 Å². The number of nitrogens with zero attached hydrogens (tertiary/aromatic N) is 4. The third-order valence-electron chi connectivity index (χ3n) is 4.98. The number of carbonyl (C=O) groups is 2. The molecule has 4 rings (SSSR count). The Morgan fingerprint density at radius 2 is 2.17 bits per heavy atom. The van der Waals surface area contributed by atoms with Gasteiger partial charge in [0.15, 0.2) is 4.34 Å². The van der Waals surface area contributed by atoms with Crippen LogP contribution < -0.4 is 4.90 Å². The minimum atomic E-state index is -0.00913. The molecule has 0 N–H and O–H groups in total. The van der Waals surface area contributed by atoms with Crippen LogP contribution in [0.3, 0.4) is 0 Å². The van der Waals surface area contributed by atoms with E-state index >= 15 is 0 Å². The maximum atomic E-state index is 13.0. The van der Waals surface area contributed by atoms with Crippen molar-refractivity contribution in [2.75, 3.05) is 10.7 Å². The molecule has 0 atom stereocenters. The molecule has 0 unspecified atom stereocenters. The molecule has 2 aromatic rings. The summed E-state index contributed by atoms with van der Waals surface area (Å²) in [5.74, 6) is 1.07. The highest BCUT2D eigenvalue weighted by molar-refractivity contribution is 8.01. The molecule has 0 saturated heterocycles. The second-order valence-electron chi connectivity index (χ2n) is 7.26. The molecule has 0 radical (unpaired) electrons. The molecule has 0 aliphatic heterocycles. The molecule has 1 fully saturated rings. The van der Waals surface area contributed by atoms with Gasteiger partial charge < -0.3 is 9.32 Å². The minimum absolute atomic E-state index is 0.00913. The monoisotopic (exact) mass is 432 g/mol. The van der Waals surface area contributed by atoms with E-state index < -0.39 is 0 Å². The van der Waals surface area contributed by atoms with Crippen LogP contribution in [0.4, 0.5) is 5.13 Å². The van der Waals surface area contributed by atoms with Gasteiger partial charge in [0.25, 0.3) is 0 Å². The van der Waals surface area contributed by atoms with Crippen LogP contribution >= 0.6 is 23.1 Å². The number of aromatic nitrogens is 2. The molecule has 1 saturated carbocycles. The van der Waals surface area contributed by atoms with E-state index in [1.54, 1.807) is 18.1 Å². The molecule has 0 bridgehead atoms. The molecule has 2 amide bonds. The zero-order chi connectivity index (χ0) is 20.2. The van der Waals surface area contributed by atoms with E-state index in [1.165, 1.54) is 29.5 Å². The highest BCUT2D eigenvalue weighted by Gasteiger charge is 2.34. The van der Waals surface area contributed by atoms with Gasteiger partial charge in [0.05, 0.1) is 18.6 Å². The Labute approximate surface area is 178 Å². The summed E-state index contributed by atoms with van der Waals surface area (Å²) in [4.78, 5) is 28.5. The summed E-state index contributed by atoms with van der Waals surface area (Å²) in [5.41, 5.74) is 1.08. The summed E-state index contributed by atoms with van der Waals surface area (Å²) in [6, 6.07) is 3.98. The molecule has 154 valence electrons. The molecule has 29 heavy (non-hydrogen) atoms. The quantitative estimate of drug-likeness (QED) is 0.459. The Balaban J connectivity index is 1.41. The molecular formula is C20H24N4O3S2. The van der Waals surface area contributed by atoms with Crippen molar-refractivity contribution in [3.63, 3.8) is 0 Å². The highest BCUT2D eigenvalue weighted by Crippen LogP contribution is 2.36. The van der Waals surface area contributed by atoms with Crippen LogP contribution in [0, 0.1) is 0 Å². The van der Waals surface area contributed by atoms with Crippen molar-refractivity contribution in [3.8, 4) is 0 Å². The third kappa shape index (κ3) is 5.08. The van der Waals surface area contributed by atoms with Crippen LogP contribution in [0.5, 0.6) is 0 Å². The average Bonchev–Trinajstić information content (AvgIpc) is 3.21. The van der Waals surface area contributed by atoms with E-state index in [4.69, 9.17) is 4.42 Å². The molecule has 2 aromatic heterocycles. The second-order valence-corrected chi connectivity index (χ2v) is 9.44. The first-order valence-electron chi connectivity index (χ1n) is 9.89. The van der Waals surface area contributed by atoms with E-state index in [0.29, 0.717) is 16.0 Å². The van der Waals surface area contributed by atoms with Crippen molar-refractivity contribution in [2.24, 2.45) is 0 Å². The fourth-order valence-electron chi connectivity index (χ4n) is 3.41. The first-order chi connectivity index (χ1) is 14.1. The van der Waals surface area contributed by atoms with Crippen LogP contribution in [0.25, 0.3) is 0 Å². The van der Waals surface area contributed by atoms with E-state index in [0.717, 1.165) is 43.6 Å². The lowest BCUT2D eigenvalue weighted by Gasteiger charge is -2.26. The molecule has 7 nitrogen and oxygen atoms in total. The zero-order valence-corrected chi connectivity index (χ0v) is 18.0. The number of carbonyl (C=O) groups excluding carboxylic acids is 2. The number of hydrogen-bond donors (Lipinski definition) is 0. The summed E-state index contributed by atoms with van der Waals surface area (Å²) in [6.45, 7) is 2.00. The van der Waals surface area contributed by atoms with Crippen molar-refractivity contribution in [1.82, 2.24) is 15.1 Å². The van der Waals surface area contributed by atoms with Gasteiger partial charge in [0, 0.05) is 18.7 Å². The summed E-state index contributed by atoms with van der Waals surface area (Å²) < 4.78 is 6.17. The van der Waals surface area contributed by atoms with Crippen LogP contribution in [0.2, 0.25) is 0 Å². The summed E-state index contributed by atoms with van der Waals surface area (Å²) in [6.07, 6.45) is 10.0. The SMILES string of the molecule is CC(=O)N(c1nnc(SCC(=O)N(Cc2ccco2)C2=CCCCC2)s1)C1CC1. The van der Waals surface area contributed by atoms with Gasteiger partial charge in [0.1, 0.15) is 5.76 Å². The van der Waals surface area contributed by atoms with Crippen molar-refractivity contribution < 1.29 is 14.0 Å². The number of amides is 2. The number of hydrogen-bond acceptors (Lipinski definition) is 7. The summed E-state index contributed by atoms with van der Waals surface area (Å²) in [7, 11) is 0. The van der Waals surface area contributed by atoms with Gasteiger partial charge in [-0.2, -0.15) is 0 Å².